The number of halogens is 1. The molecule has 1 aliphatic rings. The number of piperidine rings is 1. The maximum atomic E-state index is 3.60. The summed E-state index contributed by atoms with van der Waals surface area (Å²) in [6.45, 7) is 3.39. The van der Waals surface area contributed by atoms with E-state index in [-0.39, 0.29) is 0 Å². The Morgan fingerprint density at radius 3 is 2.93 bits per heavy atom. The van der Waals surface area contributed by atoms with Crippen LogP contribution in [0.15, 0.2) is 18.2 Å². The second-order valence-electron chi connectivity index (χ2n) is 4.00. The minimum absolute atomic E-state index is 0.596. The minimum atomic E-state index is 0.596. The Kier molecular flexibility index (Phi) is 3.44. The highest BCUT2D eigenvalue weighted by Gasteiger charge is 2.16. The molecule has 0 aliphatic carbocycles. The molecule has 0 saturated carbocycles. The van der Waals surface area contributed by atoms with E-state index in [0.717, 1.165) is 0 Å². The van der Waals surface area contributed by atoms with Crippen molar-refractivity contribution in [2.24, 2.45) is 0 Å². The first-order valence-electron chi connectivity index (χ1n) is 5.27. The molecule has 1 nitrogen and oxygen atoms in total. The summed E-state index contributed by atoms with van der Waals surface area (Å²) in [6, 6.07) is 7.33. The third-order valence-corrected chi connectivity index (χ3v) is 3.60. The van der Waals surface area contributed by atoms with Gasteiger partial charge in [0.05, 0.1) is 0 Å². The lowest BCUT2D eigenvalue weighted by Crippen LogP contribution is -2.27. The lowest BCUT2D eigenvalue weighted by atomic mass is 9.94. The molecule has 0 spiro atoms. The smallest absolute Gasteiger partial charge is 0.0323 e. The number of hydrogen-bond acceptors (Lipinski definition) is 1. The zero-order valence-electron chi connectivity index (χ0n) is 8.52. The van der Waals surface area contributed by atoms with Gasteiger partial charge in [0.1, 0.15) is 0 Å². The van der Waals surface area contributed by atoms with E-state index < -0.39 is 0 Å². The highest BCUT2D eigenvalue weighted by Crippen LogP contribution is 2.26. The van der Waals surface area contributed by atoms with Gasteiger partial charge >= 0.3 is 0 Å². The SMILES string of the molecule is Cc1ccc(I)cc1[C@H]1CCCCN1. The van der Waals surface area contributed by atoms with Crippen molar-refractivity contribution in [2.45, 2.75) is 32.2 Å². The summed E-state index contributed by atoms with van der Waals surface area (Å²) >= 11 is 2.39. The number of nitrogens with one attached hydrogen (secondary N) is 1. The quantitative estimate of drug-likeness (QED) is 0.784. The van der Waals surface area contributed by atoms with Gasteiger partial charge in [0.25, 0.3) is 0 Å². The lowest BCUT2D eigenvalue weighted by molar-refractivity contribution is 0.411. The third kappa shape index (κ3) is 2.28. The Labute approximate surface area is 99.4 Å². The van der Waals surface area contributed by atoms with Crippen molar-refractivity contribution >= 4 is 22.6 Å². The van der Waals surface area contributed by atoms with Gasteiger partial charge in [0.15, 0.2) is 0 Å². The van der Waals surface area contributed by atoms with Gasteiger partial charge in [-0.1, -0.05) is 12.5 Å². The largest absolute Gasteiger partial charge is 0.310 e. The van der Waals surface area contributed by atoms with Gasteiger partial charge in [-0.2, -0.15) is 0 Å². The minimum Gasteiger partial charge on any atom is -0.310 e. The molecule has 1 N–H and O–H groups in total. The van der Waals surface area contributed by atoms with Gasteiger partial charge in [-0.3, -0.25) is 0 Å². The van der Waals surface area contributed by atoms with Crippen molar-refractivity contribution in [2.75, 3.05) is 6.54 Å². The standard InChI is InChI=1S/C12H16IN/c1-9-5-6-10(13)8-11(9)12-4-2-3-7-14-12/h5-6,8,12,14H,2-4,7H2,1H3/t12-/m1/s1. The Morgan fingerprint density at radius 1 is 1.36 bits per heavy atom. The predicted octanol–water partition coefficient (Wildman–Crippen LogP) is 3.41. The molecule has 1 saturated heterocycles. The highest BCUT2D eigenvalue weighted by molar-refractivity contribution is 14.1. The molecular weight excluding hydrogens is 285 g/mol. The maximum absolute atomic E-state index is 3.60. The van der Waals surface area contributed by atoms with Crippen LogP contribution in [0.3, 0.4) is 0 Å². The van der Waals surface area contributed by atoms with Crippen molar-refractivity contribution in [3.8, 4) is 0 Å². The van der Waals surface area contributed by atoms with Crippen LogP contribution < -0.4 is 5.32 Å². The molecule has 1 heterocycles. The van der Waals surface area contributed by atoms with Crippen LogP contribution in [-0.2, 0) is 0 Å². The Morgan fingerprint density at radius 2 is 2.21 bits per heavy atom. The van der Waals surface area contributed by atoms with Crippen LogP contribution in [-0.4, -0.2) is 6.54 Å². The first-order valence-corrected chi connectivity index (χ1v) is 6.34. The second-order valence-corrected chi connectivity index (χ2v) is 5.25. The van der Waals surface area contributed by atoms with Crippen LogP contribution in [0.4, 0.5) is 0 Å². The molecule has 2 rings (SSSR count). The summed E-state index contributed by atoms with van der Waals surface area (Å²) in [5, 5.41) is 3.60. The van der Waals surface area contributed by atoms with Crippen molar-refractivity contribution in [3.05, 3.63) is 32.9 Å². The van der Waals surface area contributed by atoms with Gasteiger partial charge in [-0.15, -0.1) is 0 Å². The fraction of sp³-hybridized carbons (Fsp3) is 0.500. The molecule has 2 heteroatoms. The van der Waals surface area contributed by atoms with E-state index in [1.165, 1.54) is 40.5 Å². The fourth-order valence-corrected chi connectivity index (χ4v) is 2.62. The lowest BCUT2D eigenvalue weighted by Gasteiger charge is -2.25. The molecule has 76 valence electrons. The van der Waals surface area contributed by atoms with Crippen molar-refractivity contribution in [3.63, 3.8) is 0 Å². The monoisotopic (exact) mass is 301 g/mol. The van der Waals surface area contributed by atoms with Gasteiger partial charge in [-0.25, -0.2) is 0 Å². The number of rotatable bonds is 1. The molecule has 0 radical (unpaired) electrons. The van der Waals surface area contributed by atoms with Crippen LogP contribution in [0.2, 0.25) is 0 Å². The van der Waals surface area contributed by atoms with Crippen LogP contribution in [0, 0.1) is 10.5 Å². The molecule has 1 aliphatic heterocycles. The first kappa shape index (κ1) is 10.4. The molecule has 1 fully saturated rings. The Balaban J connectivity index is 2.24. The van der Waals surface area contributed by atoms with Crippen molar-refractivity contribution < 1.29 is 0 Å². The van der Waals surface area contributed by atoms with E-state index >= 15 is 0 Å². The van der Waals surface area contributed by atoms with E-state index in [0.29, 0.717) is 6.04 Å². The van der Waals surface area contributed by atoms with Crippen LogP contribution in [0.5, 0.6) is 0 Å². The zero-order valence-corrected chi connectivity index (χ0v) is 10.7. The summed E-state index contributed by atoms with van der Waals surface area (Å²) in [6.07, 6.45) is 3.99. The summed E-state index contributed by atoms with van der Waals surface area (Å²) in [5.41, 5.74) is 2.92. The molecule has 0 unspecified atom stereocenters. The van der Waals surface area contributed by atoms with E-state index in [1.54, 1.807) is 0 Å². The molecule has 0 bridgehead atoms. The molecule has 1 aromatic carbocycles. The second kappa shape index (κ2) is 4.62. The van der Waals surface area contributed by atoms with Gasteiger partial charge in [-0.05, 0) is 72.2 Å². The summed E-state index contributed by atoms with van der Waals surface area (Å²) in [7, 11) is 0. The molecule has 1 atom stereocenters. The van der Waals surface area contributed by atoms with Crippen LogP contribution in [0.25, 0.3) is 0 Å². The molecule has 1 aromatic rings. The first-order chi connectivity index (χ1) is 6.77. The van der Waals surface area contributed by atoms with Crippen molar-refractivity contribution in [1.29, 1.82) is 0 Å². The molecule has 0 amide bonds. The van der Waals surface area contributed by atoms with Gasteiger partial charge < -0.3 is 5.32 Å². The summed E-state index contributed by atoms with van der Waals surface area (Å²) < 4.78 is 1.34. The highest BCUT2D eigenvalue weighted by atomic mass is 127. The summed E-state index contributed by atoms with van der Waals surface area (Å²) in [5.74, 6) is 0. The van der Waals surface area contributed by atoms with Crippen molar-refractivity contribution in [1.82, 2.24) is 5.32 Å². The Bertz CT molecular complexity index is 316. The fourth-order valence-electron chi connectivity index (χ4n) is 2.10. The van der Waals surface area contributed by atoms with E-state index in [9.17, 15) is 0 Å². The zero-order chi connectivity index (χ0) is 9.97. The molecule has 14 heavy (non-hydrogen) atoms. The summed E-state index contributed by atoms with van der Waals surface area (Å²) in [4.78, 5) is 0. The van der Waals surface area contributed by atoms with E-state index in [2.05, 4.69) is 53.0 Å². The predicted molar refractivity (Wildman–Crippen MR) is 68.5 cm³/mol. The average molecular weight is 301 g/mol. The normalized spacial score (nSPS) is 22.3. The number of benzene rings is 1. The van der Waals surface area contributed by atoms with E-state index in [1.807, 2.05) is 0 Å². The topological polar surface area (TPSA) is 12.0 Å². The Hall–Kier alpha value is -0.0900. The van der Waals surface area contributed by atoms with Gasteiger partial charge in [0.2, 0.25) is 0 Å². The van der Waals surface area contributed by atoms with Crippen LogP contribution >= 0.6 is 22.6 Å². The van der Waals surface area contributed by atoms with Gasteiger partial charge in [0, 0.05) is 9.61 Å². The molecular formula is C12H16IN. The number of aryl methyl sites for hydroxylation is 1. The van der Waals surface area contributed by atoms with Crippen LogP contribution in [0.1, 0.15) is 36.4 Å². The maximum Gasteiger partial charge on any atom is 0.0323 e. The third-order valence-electron chi connectivity index (χ3n) is 2.93. The molecule has 0 aromatic heterocycles. The number of hydrogen-bond donors (Lipinski definition) is 1. The average Bonchev–Trinajstić information content (AvgIpc) is 2.23. The van der Waals surface area contributed by atoms with E-state index in [4.69, 9.17) is 0 Å².